The molecule has 0 aliphatic rings. The van der Waals surface area contributed by atoms with E-state index in [2.05, 4.69) is 15.1 Å². The van der Waals surface area contributed by atoms with Crippen LogP contribution in [0.3, 0.4) is 0 Å². The molecule has 4 rings (SSSR count). The van der Waals surface area contributed by atoms with E-state index in [9.17, 15) is 4.79 Å². The third-order valence-corrected chi connectivity index (χ3v) is 4.60. The van der Waals surface area contributed by atoms with Crippen LogP contribution in [0.4, 0.5) is 5.88 Å². The largest absolute Gasteiger partial charge is 0.440 e. The first-order chi connectivity index (χ1) is 13.1. The van der Waals surface area contributed by atoms with E-state index in [1.807, 2.05) is 62.6 Å². The van der Waals surface area contributed by atoms with Crippen LogP contribution < -0.4 is 4.90 Å². The Labute approximate surface area is 157 Å². The molecule has 1 N–H and O–H groups in total. The van der Waals surface area contributed by atoms with Gasteiger partial charge in [-0.3, -0.25) is 14.8 Å². The maximum atomic E-state index is 13.3. The zero-order valence-electron chi connectivity index (χ0n) is 15.5. The van der Waals surface area contributed by atoms with E-state index in [0.717, 1.165) is 34.8 Å². The Hall–Kier alpha value is -3.12. The van der Waals surface area contributed by atoms with Crippen molar-refractivity contribution < 1.29 is 9.21 Å². The second kappa shape index (κ2) is 7.25. The van der Waals surface area contributed by atoms with E-state index >= 15 is 0 Å². The Morgan fingerprint density at radius 1 is 1.07 bits per heavy atom. The van der Waals surface area contributed by atoms with Crippen LogP contribution in [0.25, 0.3) is 21.9 Å². The lowest BCUT2D eigenvalue weighted by Gasteiger charge is -2.21. The summed E-state index contributed by atoms with van der Waals surface area (Å²) in [7, 11) is 4.06. The molecule has 138 valence electrons. The number of amides is 1. The highest BCUT2D eigenvalue weighted by Gasteiger charge is 2.21. The summed E-state index contributed by atoms with van der Waals surface area (Å²) in [6, 6.07) is 15.3. The minimum absolute atomic E-state index is 0.0732. The first-order valence-electron chi connectivity index (χ1n) is 9.00. The number of H-pyrrole nitrogens is 1. The van der Waals surface area contributed by atoms with Gasteiger partial charge in [0, 0.05) is 28.9 Å². The highest BCUT2D eigenvalue weighted by atomic mass is 16.4. The quantitative estimate of drug-likeness (QED) is 0.565. The van der Waals surface area contributed by atoms with Gasteiger partial charge < -0.3 is 9.32 Å². The van der Waals surface area contributed by atoms with E-state index < -0.39 is 0 Å². The van der Waals surface area contributed by atoms with Crippen molar-refractivity contribution in [2.45, 2.75) is 6.42 Å². The van der Waals surface area contributed by atoms with Crippen molar-refractivity contribution in [3.63, 3.8) is 0 Å². The Morgan fingerprint density at radius 3 is 2.74 bits per heavy atom. The average molecular weight is 362 g/mol. The molecule has 2 aromatic heterocycles. The van der Waals surface area contributed by atoms with Gasteiger partial charge in [0.2, 0.25) is 5.88 Å². The Kier molecular flexibility index (Phi) is 4.64. The summed E-state index contributed by atoms with van der Waals surface area (Å²) in [6.07, 6.45) is 2.58. The predicted octanol–water partition coefficient (Wildman–Crippen LogP) is 3.91. The summed E-state index contributed by atoms with van der Waals surface area (Å²) >= 11 is 0. The number of benzene rings is 2. The molecule has 6 heteroatoms. The number of para-hydroxylation sites is 1. The molecule has 0 aliphatic carbocycles. The Bertz CT molecular complexity index is 1050. The highest BCUT2D eigenvalue weighted by Crippen LogP contribution is 2.27. The van der Waals surface area contributed by atoms with Gasteiger partial charge in [0.15, 0.2) is 0 Å². The van der Waals surface area contributed by atoms with E-state index in [0.29, 0.717) is 18.0 Å². The van der Waals surface area contributed by atoms with Crippen LogP contribution in [-0.2, 0) is 0 Å². The van der Waals surface area contributed by atoms with Crippen molar-refractivity contribution in [3.8, 4) is 0 Å². The van der Waals surface area contributed by atoms with Crippen LogP contribution in [0.15, 0.2) is 59.1 Å². The minimum atomic E-state index is -0.0732. The topological polar surface area (TPSA) is 65.4 Å². The van der Waals surface area contributed by atoms with Crippen LogP contribution in [0.5, 0.6) is 0 Å². The standard InChI is InChI=1S/C21H22N4O2/c1-24(2)10-5-11-25(20-13-15-6-3-4-7-19(15)27-20)21(26)16-8-9-18-17(12-16)14-22-23-18/h3-4,6-9,12-14H,5,10-11H2,1-2H3,(H,22,23). The van der Waals surface area contributed by atoms with Gasteiger partial charge in [0.1, 0.15) is 5.58 Å². The lowest BCUT2D eigenvalue weighted by molar-refractivity contribution is 0.0982. The fraction of sp³-hybridized carbons (Fsp3) is 0.238. The summed E-state index contributed by atoms with van der Waals surface area (Å²) < 4.78 is 5.98. The number of anilines is 1. The molecule has 1 amide bonds. The number of carbonyl (C=O) groups is 1. The SMILES string of the molecule is CN(C)CCCN(C(=O)c1ccc2[nH]ncc2c1)c1cc2ccccc2o1. The van der Waals surface area contributed by atoms with Gasteiger partial charge in [-0.15, -0.1) is 0 Å². The maximum Gasteiger partial charge on any atom is 0.260 e. The summed E-state index contributed by atoms with van der Waals surface area (Å²) in [6.45, 7) is 1.48. The molecule has 0 fully saturated rings. The van der Waals surface area contributed by atoms with E-state index in [1.165, 1.54) is 0 Å². The molecule has 0 spiro atoms. The molecular formula is C21H22N4O2. The second-order valence-corrected chi connectivity index (χ2v) is 6.91. The summed E-state index contributed by atoms with van der Waals surface area (Å²) in [5, 5.41) is 8.85. The Balaban J connectivity index is 1.68. The molecule has 0 radical (unpaired) electrons. The number of nitrogens with zero attached hydrogens (tertiary/aromatic N) is 3. The second-order valence-electron chi connectivity index (χ2n) is 6.91. The van der Waals surface area contributed by atoms with Gasteiger partial charge in [0.05, 0.1) is 11.7 Å². The molecule has 27 heavy (non-hydrogen) atoms. The van der Waals surface area contributed by atoms with E-state index in [1.54, 1.807) is 11.1 Å². The van der Waals surface area contributed by atoms with Crippen molar-refractivity contribution >= 4 is 33.7 Å². The molecule has 6 nitrogen and oxygen atoms in total. The van der Waals surface area contributed by atoms with Crippen LogP contribution in [0, 0.1) is 0 Å². The monoisotopic (exact) mass is 362 g/mol. The van der Waals surface area contributed by atoms with Crippen LogP contribution in [-0.4, -0.2) is 48.2 Å². The first kappa shape index (κ1) is 17.3. The average Bonchev–Trinajstić information content (AvgIpc) is 3.30. The number of hydrogen-bond donors (Lipinski definition) is 1. The minimum Gasteiger partial charge on any atom is -0.440 e. The lowest BCUT2D eigenvalue weighted by Crippen LogP contribution is -2.33. The van der Waals surface area contributed by atoms with Crippen LogP contribution >= 0.6 is 0 Å². The fourth-order valence-corrected chi connectivity index (χ4v) is 3.19. The van der Waals surface area contributed by atoms with E-state index in [-0.39, 0.29) is 5.91 Å². The van der Waals surface area contributed by atoms with E-state index in [4.69, 9.17) is 4.42 Å². The molecule has 0 atom stereocenters. The Morgan fingerprint density at radius 2 is 1.93 bits per heavy atom. The lowest BCUT2D eigenvalue weighted by atomic mass is 10.1. The molecule has 2 heterocycles. The molecule has 0 aliphatic heterocycles. The molecule has 2 aromatic carbocycles. The third kappa shape index (κ3) is 3.57. The van der Waals surface area contributed by atoms with Crippen molar-refractivity contribution in [3.05, 3.63) is 60.3 Å². The molecule has 0 saturated carbocycles. The number of furan rings is 1. The van der Waals surface area contributed by atoms with Gasteiger partial charge in [-0.2, -0.15) is 5.10 Å². The number of hydrogen-bond acceptors (Lipinski definition) is 4. The first-order valence-corrected chi connectivity index (χ1v) is 9.00. The molecule has 0 saturated heterocycles. The fourth-order valence-electron chi connectivity index (χ4n) is 3.19. The smallest absolute Gasteiger partial charge is 0.260 e. The van der Waals surface area contributed by atoms with Gasteiger partial charge in [0.25, 0.3) is 5.91 Å². The summed E-state index contributed by atoms with van der Waals surface area (Å²) in [5.41, 5.74) is 2.31. The number of aromatic amines is 1. The van der Waals surface area contributed by atoms with Crippen molar-refractivity contribution in [2.75, 3.05) is 32.1 Å². The number of aromatic nitrogens is 2. The van der Waals surface area contributed by atoms with Crippen molar-refractivity contribution in [2.24, 2.45) is 0 Å². The number of carbonyl (C=O) groups excluding carboxylic acids is 1. The number of rotatable bonds is 6. The zero-order valence-corrected chi connectivity index (χ0v) is 15.5. The summed E-state index contributed by atoms with van der Waals surface area (Å²) in [4.78, 5) is 17.1. The number of fused-ring (bicyclic) bond motifs is 2. The predicted molar refractivity (Wildman–Crippen MR) is 107 cm³/mol. The van der Waals surface area contributed by atoms with Crippen molar-refractivity contribution in [1.82, 2.24) is 15.1 Å². The summed E-state index contributed by atoms with van der Waals surface area (Å²) in [5.74, 6) is 0.503. The molecule has 0 bridgehead atoms. The van der Waals surface area contributed by atoms with Gasteiger partial charge >= 0.3 is 0 Å². The van der Waals surface area contributed by atoms with Crippen LogP contribution in [0.2, 0.25) is 0 Å². The normalized spacial score (nSPS) is 11.5. The number of nitrogens with one attached hydrogen (secondary N) is 1. The highest BCUT2D eigenvalue weighted by molar-refractivity contribution is 6.07. The van der Waals surface area contributed by atoms with Gasteiger partial charge in [-0.05, 0) is 51.3 Å². The maximum absolute atomic E-state index is 13.3. The molecule has 0 unspecified atom stereocenters. The third-order valence-electron chi connectivity index (χ3n) is 4.60. The zero-order chi connectivity index (χ0) is 18.8. The van der Waals surface area contributed by atoms with Crippen LogP contribution in [0.1, 0.15) is 16.8 Å². The molecule has 4 aromatic rings. The molecular weight excluding hydrogens is 340 g/mol. The van der Waals surface area contributed by atoms with Gasteiger partial charge in [-0.25, -0.2) is 0 Å². The van der Waals surface area contributed by atoms with Gasteiger partial charge in [-0.1, -0.05) is 18.2 Å². The van der Waals surface area contributed by atoms with Crippen molar-refractivity contribution in [1.29, 1.82) is 0 Å².